The zero-order valence-electron chi connectivity index (χ0n) is 14.5. The highest BCUT2D eigenvalue weighted by molar-refractivity contribution is 4.61. The second-order valence-electron chi connectivity index (χ2n) is 6.30. The third-order valence-electron chi connectivity index (χ3n) is 4.74. The maximum atomic E-state index is 2.41. The van der Waals surface area contributed by atoms with Crippen molar-refractivity contribution in [3.8, 4) is 0 Å². The number of unbranched alkanes of at least 4 members (excludes halogenated alkanes) is 3. The maximum absolute atomic E-state index is 2.41. The molecule has 0 bridgehead atoms. The van der Waals surface area contributed by atoms with E-state index in [2.05, 4.69) is 34.6 Å². The van der Waals surface area contributed by atoms with Gasteiger partial charge < -0.3 is 4.48 Å². The summed E-state index contributed by atoms with van der Waals surface area (Å²) in [6.45, 7) is 16.1. The lowest BCUT2D eigenvalue weighted by Gasteiger charge is -2.45. The molecule has 0 spiro atoms. The van der Waals surface area contributed by atoms with Crippen molar-refractivity contribution in [2.45, 2.75) is 98.4 Å². The molecule has 0 saturated carbocycles. The fourth-order valence-corrected chi connectivity index (χ4v) is 3.50. The largest absolute Gasteiger partial charge is 0.321 e. The van der Waals surface area contributed by atoms with Crippen LogP contribution in [0, 0.1) is 0 Å². The van der Waals surface area contributed by atoms with Crippen LogP contribution >= 0.6 is 0 Å². The summed E-state index contributed by atoms with van der Waals surface area (Å²) < 4.78 is 1.43. The Morgan fingerprint density at radius 1 is 0.632 bits per heavy atom. The van der Waals surface area contributed by atoms with Crippen molar-refractivity contribution >= 4 is 0 Å². The SMILES string of the molecule is CCCC[N+](CCCC)(CCCC)C(CC)CCC. The van der Waals surface area contributed by atoms with E-state index < -0.39 is 0 Å². The summed E-state index contributed by atoms with van der Waals surface area (Å²) in [6.07, 6.45) is 12.4. The van der Waals surface area contributed by atoms with Crippen LogP contribution in [0.3, 0.4) is 0 Å². The van der Waals surface area contributed by atoms with Crippen LogP contribution in [-0.2, 0) is 0 Å². The molecule has 0 fully saturated rings. The average Bonchev–Trinajstić information content (AvgIpc) is 2.44. The van der Waals surface area contributed by atoms with E-state index in [1.54, 1.807) is 0 Å². The molecular weight excluding hydrogens is 230 g/mol. The van der Waals surface area contributed by atoms with Crippen LogP contribution in [0.5, 0.6) is 0 Å². The van der Waals surface area contributed by atoms with Crippen molar-refractivity contribution in [1.82, 2.24) is 0 Å². The fourth-order valence-electron chi connectivity index (χ4n) is 3.50. The summed E-state index contributed by atoms with van der Waals surface area (Å²) in [5, 5.41) is 0. The summed E-state index contributed by atoms with van der Waals surface area (Å²) in [4.78, 5) is 0. The molecule has 0 amide bonds. The van der Waals surface area contributed by atoms with Gasteiger partial charge in [-0.2, -0.15) is 0 Å². The molecule has 1 nitrogen and oxygen atoms in total. The Morgan fingerprint density at radius 2 is 1.05 bits per heavy atom. The Hall–Kier alpha value is -0.0400. The summed E-state index contributed by atoms with van der Waals surface area (Å²) in [6, 6.07) is 0.912. The van der Waals surface area contributed by atoms with Gasteiger partial charge in [0.1, 0.15) is 0 Å². The lowest BCUT2D eigenvalue weighted by molar-refractivity contribution is -0.952. The van der Waals surface area contributed by atoms with Gasteiger partial charge in [-0.1, -0.05) is 60.3 Å². The van der Waals surface area contributed by atoms with Crippen LogP contribution in [0.15, 0.2) is 0 Å². The minimum Gasteiger partial charge on any atom is -0.321 e. The van der Waals surface area contributed by atoms with E-state index in [1.807, 2.05) is 0 Å². The van der Waals surface area contributed by atoms with Crippen molar-refractivity contribution in [2.75, 3.05) is 19.6 Å². The van der Waals surface area contributed by atoms with E-state index in [-0.39, 0.29) is 0 Å². The third-order valence-corrected chi connectivity index (χ3v) is 4.74. The van der Waals surface area contributed by atoms with E-state index in [0.29, 0.717) is 0 Å². The molecule has 0 N–H and O–H groups in total. The molecule has 1 atom stereocenters. The van der Waals surface area contributed by atoms with Crippen LogP contribution in [0.25, 0.3) is 0 Å². The minimum atomic E-state index is 0.912. The second-order valence-corrected chi connectivity index (χ2v) is 6.30. The van der Waals surface area contributed by atoms with Gasteiger partial charge in [-0.05, 0) is 32.1 Å². The molecule has 0 saturated heterocycles. The molecule has 0 aliphatic rings. The highest BCUT2D eigenvalue weighted by atomic mass is 15.4. The molecule has 19 heavy (non-hydrogen) atoms. The zero-order valence-corrected chi connectivity index (χ0v) is 14.5. The Morgan fingerprint density at radius 3 is 1.32 bits per heavy atom. The lowest BCUT2D eigenvalue weighted by atomic mass is 10.0. The highest BCUT2D eigenvalue weighted by Gasteiger charge is 2.33. The summed E-state index contributed by atoms with van der Waals surface area (Å²) >= 11 is 0. The molecule has 0 aliphatic heterocycles. The van der Waals surface area contributed by atoms with Crippen molar-refractivity contribution in [2.24, 2.45) is 0 Å². The number of nitrogens with zero attached hydrogens (tertiary/aromatic N) is 1. The topological polar surface area (TPSA) is 0 Å². The molecule has 0 aromatic rings. The molecule has 0 radical (unpaired) electrons. The first-order valence-corrected chi connectivity index (χ1v) is 9.06. The Balaban J connectivity index is 4.92. The van der Waals surface area contributed by atoms with Gasteiger partial charge in [-0.3, -0.25) is 0 Å². The standard InChI is InChI=1S/C18H40N/c1-6-11-15-19(16-12-7-2,17-13-8-3)18(10-5)14-9-4/h18H,6-17H2,1-5H3/q+1. The number of rotatable bonds is 13. The first kappa shape index (κ1) is 19.0. The summed E-state index contributed by atoms with van der Waals surface area (Å²) in [5.41, 5.74) is 0. The van der Waals surface area contributed by atoms with Crippen LogP contribution in [-0.4, -0.2) is 30.2 Å². The quantitative estimate of drug-likeness (QED) is 0.372. The van der Waals surface area contributed by atoms with Gasteiger partial charge in [0.25, 0.3) is 0 Å². The van der Waals surface area contributed by atoms with Gasteiger partial charge in [-0.15, -0.1) is 0 Å². The van der Waals surface area contributed by atoms with Crippen LogP contribution in [0.4, 0.5) is 0 Å². The predicted octanol–water partition coefficient (Wildman–Crippen LogP) is 5.78. The average molecular weight is 271 g/mol. The molecule has 0 aromatic heterocycles. The van der Waals surface area contributed by atoms with Crippen molar-refractivity contribution in [3.63, 3.8) is 0 Å². The zero-order chi connectivity index (χ0) is 14.6. The minimum absolute atomic E-state index is 0.912. The molecule has 116 valence electrons. The van der Waals surface area contributed by atoms with E-state index in [4.69, 9.17) is 0 Å². The fraction of sp³-hybridized carbons (Fsp3) is 1.00. The second kappa shape index (κ2) is 11.8. The van der Waals surface area contributed by atoms with Gasteiger partial charge in [0.2, 0.25) is 0 Å². The molecule has 0 aliphatic carbocycles. The Labute approximate surface area is 123 Å². The van der Waals surface area contributed by atoms with Crippen LogP contribution in [0.2, 0.25) is 0 Å². The first-order chi connectivity index (χ1) is 9.20. The number of quaternary nitrogens is 1. The summed E-state index contributed by atoms with van der Waals surface area (Å²) in [7, 11) is 0. The van der Waals surface area contributed by atoms with E-state index in [9.17, 15) is 0 Å². The Kier molecular flexibility index (Phi) is 11.7. The normalized spacial score (nSPS) is 13.7. The van der Waals surface area contributed by atoms with Gasteiger partial charge in [0, 0.05) is 0 Å². The van der Waals surface area contributed by atoms with Gasteiger partial charge >= 0.3 is 0 Å². The molecule has 0 aromatic carbocycles. The smallest absolute Gasteiger partial charge is 0.0887 e. The first-order valence-electron chi connectivity index (χ1n) is 9.06. The predicted molar refractivity (Wildman–Crippen MR) is 88.6 cm³/mol. The van der Waals surface area contributed by atoms with Gasteiger partial charge in [-0.25, -0.2) is 0 Å². The van der Waals surface area contributed by atoms with Crippen molar-refractivity contribution < 1.29 is 4.48 Å². The molecule has 1 heteroatoms. The molecule has 0 heterocycles. The van der Waals surface area contributed by atoms with Crippen LogP contribution < -0.4 is 0 Å². The van der Waals surface area contributed by atoms with Gasteiger partial charge in [0.05, 0.1) is 25.7 Å². The van der Waals surface area contributed by atoms with Crippen molar-refractivity contribution in [1.29, 1.82) is 0 Å². The van der Waals surface area contributed by atoms with Crippen molar-refractivity contribution in [3.05, 3.63) is 0 Å². The van der Waals surface area contributed by atoms with E-state index in [1.165, 1.54) is 81.9 Å². The summed E-state index contributed by atoms with van der Waals surface area (Å²) in [5.74, 6) is 0. The van der Waals surface area contributed by atoms with Gasteiger partial charge in [0.15, 0.2) is 0 Å². The van der Waals surface area contributed by atoms with E-state index >= 15 is 0 Å². The Bertz CT molecular complexity index is 166. The lowest BCUT2D eigenvalue weighted by Crippen LogP contribution is -2.56. The van der Waals surface area contributed by atoms with E-state index in [0.717, 1.165) is 6.04 Å². The number of hydrogen-bond donors (Lipinski definition) is 0. The molecular formula is C18H40N+. The highest BCUT2D eigenvalue weighted by Crippen LogP contribution is 2.25. The van der Waals surface area contributed by atoms with Crippen LogP contribution in [0.1, 0.15) is 92.4 Å². The number of hydrogen-bond acceptors (Lipinski definition) is 0. The monoisotopic (exact) mass is 270 g/mol. The molecule has 1 unspecified atom stereocenters. The maximum Gasteiger partial charge on any atom is 0.0887 e. The third kappa shape index (κ3) is 6.79. The molecule has 0 rings (SSSR count).